The third-order valence-corrected chi connectivity index (χ3v) is 9.56. The molecule has 5 heteroatoms. The first-order valence-electron chi connectivity index (χ1n) is 16.1. The van der Waals surface area contributed by atoms with E-state index in [1.165, 1.54) is 35.1 Å². The smallest absolute Gasteiger partial charge is 0.220 e. The van der Waals surface area contributed by atoms with Gasteiger partial charge in [-0.15, -0.1) is 0 Å². The van der Waals surface area contributed by atoms with Gasteiger partial charge in [0.05, 0.1) is 25.5 Å². The molecule has 0 N–H and O–H groups in total. The Labute approximate surface area is 260 Å². The highest BCUT2D eigenvalue weighted by atomic mass is 16.5. The van der Waals surface area contributed by atoms with Gasteiger partial charge in [0.25, 0.3) is 0 Å². The van der Waals surface area contributed by atoms with E-state index >= 15 is 0 Å². The molecule has 0 saturated carbocycles. The Balaban J connectivity index is 0.00000207. The van der Waals surface area contributed by atoms with Crippen molar-refractivity contribution in [2.24, 2.45) is 0 Å². The highest BCUT2D eigenvalue weighted by molar-refractivity contribution is 5.65. The molecule has 0 atom stereocenters. The molecule has 1 saturated heterocycles. The van der Waals surface area contributed by atoms with Crippen molar-refractivity contribution >= 4 is 5.57 Å². The number of allylic oxidation sites excluding steroid dienone is 1. The lowest BCUT2D eigenvalue weighted by atomic mass is 9.62. The molecule has 0 amide bonds. The second-order valence-electron chi connectivity index (χ2n) is 13.3. The van der Waals surface area contributed by atoms with Crippen molar-refractivity contribution in [3.8, 4) is 11.6 Å². The maximum absolute atomic E-state index is 6.39. The first-order valence-corrected chi connectivity index (χ1v) is 16.1. The normalized spacial score (nSPS) is 17.4. The maximum Gasteiger partial charge on any atom is 0.220 e. The maximum atomic E-state index is 6.39. The average Bonchev–Trinajstić information content (AvgIpc) is 3.47. The van der Waals surface area contributed by atoms with Crippen LogP contribution in [0.25, 0.3) is 5.57 Å². The lowest BCUT2D eigenvalue weighted by molar-refractivity contribution is 0.0841. The van der Waals surface area contributed by atoms with Crippen LogP contribution in [-0.4, -0.2) is 32.4 Å². The van der Waals surface area contributed by atoms with Crippen molar-refractivity contribution in [2.45, 2.75) is 111 Å². The zero-order valence-corrected chi connectivity index (χ0v) is 28.3. The summed E-state index contributed by atoms with van der Waals surface area (Å²) in [6.45, 7) is 23.8. The van der Waals surface area contributed by atoms with E-state index < -0.39 is 0 Å². The van der Waals surface area contributed by atoms with Gasteiger partial charge < -0.3 is 18.6 Å². The Bertz CT molecular complexity index is 1440. The molecule has 1 aliphatic heterocycles. The number of rotatable bonds is 8. The summed E-state index contributed by atoms with van der Waals surface area (Å²) in [6.07, 6.45) is 5.63. The van der Waals surface area contributed by atoms with Crippen LogP contribution in [0.5, 0.6) is 11.6 Å². The van der Waals surface area contributed by atoms with Crippen LogP contribution in [0.2, 0.25) is 0 Å². The molecule has 1 aromatic carbocycles. The summed E-state index contributed by atoms with van der Waals surface area (Å²) < 4.78 is 23.7. The highest BCUT2D eigenvalue weighted by Gasteiger charge is 2.37. The summed E-state index contributed by atoms with van der Waals surface area (Å²) in [5, 5.41) is 0. The second-order valence-corrected chi connectivity index (χ2v) is 13.3. The minimum Gasteiger partial charge on any atom is -0.496 e. The van der Waals surface area contributed by atoms with Crippen LogP contribution >= 0.6 is 0 Å². The van der Waals surface area contributed by atoms with Crippen LogP contribution < -0.4 is 9.47 Å². The number of furan rings is 1. The van der Waals surface area contributed by atoms with Crippen LogP contribution in [0.3, 0.4) is 0 Å². The van der Waals surface area contributed by atoms with Crippen molar-refractivity contribution < 1.29 is 18.6 Å². The Morgan fingerprint density at radius 2 is 1.58 bits per heavy atom. The molecular weight excluding hydrogens is 534 g/mol. The van der Waals surface area contributed by atoms with E-state index in [0.717, 1.165) is 72.1 Å². The third kappa shape index (κ3) is 6.72. The third-order valence-electron chi connectivity index (χ3n) is 9.56. The molecule has 1 aliphatic carbocycles. The van der Waals surface area contributed by atoms with Crippen molar-refractivity contribution in [2.75, 3.05) is 27.4 Å². The van der Waals surface area contributed by atoms with E-state index in [1.807, 2.05) is 19.9 Å². The minimum atomic E-state index is 0.181. The Morgan fingerprint density at radius 1 is 0.953 bits per heavy atom. The fraction of sp³-hybridized carbons (Fsp3) is 0.553. The molecule has 234 valence electrons. The van der Waals surface area contributed by atoms with Gasteiger partial charge in [0, 0.05) is 37.5 Å². The number of pyridine rings is 1. The van der Waals surface area contributed by atoms with Gasteiger partial charge >= 0.3 is 0 Å². The molecule has 5 rings (SSSR count). The number of aromatic nitrogens is 1. The van der Waals surface area contributed by atoms with Crippen molar-refractivity contribution in [3.63, 3.8) is 0 Å². The molecule has 5 nitrogen and oxygen atoms in total. The van der Waals surface area contributed by atoms with Gasteiger partial charge in [0.15, 0.2) is 0 Å². The molecular formula is C38H53NO4. The average molecular weight is 588 g/mol. The zero-order valence-electron chi connectivity index (χ0n) is 28.3. The van der Waals surface area contributed by atoms with Crippen molar-refractivity contribution in [1.29, 1.82) is 0 Å². The van der Waals surface area contributed by atoms with Crippen LogP contribution in [0.1, 0.15) is 124 Å². The molecule has 3 heterocycles. The van der Waals surface area contributed by atoms with Gasteiger partial charge in [-0.25, -0.2) is 4.98 Å². The number of aryl methyl sites for hydroxylation is 1. The lowest BCUT2D eigenvalue weighted by Crippen LogP contribution is -2.34. The summed E-state index contributed by atoms with van der Waals surface area (Å²) in [7, 11) is 3.39. The molecule has 0 unspecified atom stereocenters. The summed E-state index contributed by atoms with van der Waals surface area (Å²) in [5.74, 6) is 3.49. The van der Waals surface area contributed by atoms with E-state index in [1.54, 1.807) is 14.2 Å². The number of hydrogen-bond acceptors (Lipinski definition) is 5. The van der Waals surface area contributed by atoms with Gasteiger partial charge in [-0.05, 0) is 90.3 Å². The fourth-order valence-corrected chi connectivity index (χ4v) is 6.78. The van der Waals surface area contributed by atoms with Crippen LogP contribution in [0, 0.1) is 13.8 Å². The summed E-state index contributed by atoms with van der Waals surface area (Å²) >= 11 is 0. The Hall–Kier alpha value is -3.05. The summed E-state index contributed by atoms with van der Waals surface area (Å²) in [6, 6.07) is 8.98. The molecule has 0 spiro atoms. The Kier molecular flexibility index (Phi) is 10.2. The van der Waals surface area contributed by atoms with Crippen molar-refractivity contribution in [3.05, 3.63) is 81.4 Å². The monoisotopic (exact) mass is 587 g/mol. The topological polar surface area (TPSA) is 53.7 Å². The SMILES string of the molecule is C=C(Cc1c(OC)nc(C2CCOCC2)c(C)c1OC)c1ccc(Cc2cc3c(cc2C)C(C)(C)CCC3(C)C)o1.CC. The number of hydrogen-bond donors (Lipinski definition) is 0. The molecule has 3 aromatic rings. The van der Waals surface area contributed by atoms with Crippen LogP contribution in [0.15, 0.2) is 35.3 Å². The quantitative estimate of drug-likeness (QED) is 0.263. The number of nitrogens with zero attached hydrogens (tertiary/aromatic N) is 1. The van der Waals surface area contributed by atoms with Gasteiger partial charge in [-0.3, -0.25) is 0 Å². The van der Waals surface area contributed by atoms with E-state index in [2.05, 4.69) is 66.3 Å². The van der Waals surface area contributed by atoms with E-state index in [9.17, 15) is 0 Å². The zero-order chi connectivity index (χ0) is 31.5. The second kappa shape index (κ2) is 13.3. The van der Waals surface area contributed by atoms with E-state index in [0.29, 0.717) is 18.2 Å². The minimum absolute atomic E-state index is 0.181. The fourth-order valence-electron chi connectivity index (χ4n) is 6.78. The van der Waals surface area contributed by atoms with Gasteiger partial charge in [-0.2, -0.15) is 0 Å². The summed E-state index contributed by atoms with van der Waals surface area (Å²) in [4.78, 5) is 4.97. The van der Waals surface area contributed by atoms with E-state index in [4.69, 9.17) is 23.6 Å². The Morgan fingerprint density at radius 3 is 2.19 bits per heavy atom. The first-order chi connectivity index (χ1) is 20.4. The molecule has 2 aliphatic rings. The number of methoxy groups -OCH3 is 2. The van der Waals surface area contributed by atoms with Crippen molar-refractivity contribution in [1.82, 2.24) is 4.98 Å². The largest absolute Gasteiger partial charge is 0.496 e. The number of fused-ring (bicyclic) bond motifs is 1. The molecule has 1 fully saturated rings. The predicted molar refractivity (Wildman–Crippen MR) is 177 cm³/mol. The number of benzene rings is 1. The van der Waals surface area contributed by atoms with Crippen LogP contribution in [-0.2, 0) is 28.4 Å². The number of ether oxygens (including phenoxy) is 3. The molecule has 2 aromatic heterocycles. The molecule has 0 radical (unpaired) electrons. The van der Waals surface area contributed by atoms with Gasteiger partial charge in [0.1, 0.15) is 17.3 Å². The van der Waals surface area contributed by atoms with E-state index in [-0.39, 0.29) is 10.8 Å². The lowest BCUT2D eigenvalue weighted by Gasteiger charge is -2.42. The van der Waals surface area contributed by atoms with Gasteiger partial charge in [-0.1, -0.05) is 60.3 Å². The molecule has 0 bridgehead atoms. The standard InChI is InChI=1S/C36H47NO4.C2H6/c1-22-19-29-30(36(6,7)15-14-35(29,4)5)21-26(22)20-27-10-11-31(41-27)23(2)18-28-33(38-8)24(3)32(37-34(28)39-9)25-12-16-40-17-13-25;1-2/h10-11,19,21,25H,2,12-18,20H2,1,3-9H3;1-2H3. The van der Waals surface area contributed by atoms with Crippen LogP contribution in [0.4, 0.5) is 0 Å². The predicted octanol–water partition coefficient (Wildman–Crippen LogP) is 9.42. The van der Waals surface area contributed by atoms with Gasteiger partial charge in [0.2, 0.25) is 5.88 Å². The first kappa shape index (κ1) is 32.9. The summed E-state index contributed by atoms with van der Waals surface area (Å²) in [5.41, 5.74) is 9.91. The highest BCUT2D eigenvalue weighted by Crippen LogP contribution is 2.47. The molecule has 43 heavy (non-hydrogen) atoms.